The van der Waals surface area contributed by atoms with Gasteiger partial charge in [0, 0.05) is 12.1 Å². The van der Waals surface area contributed by atoms with Gasteiger partial charge < -0.3 is 19.1 Å². The van der Waals surface area contributed by atoms with Crippen LogP contribution in [0.25, 0.3) is 0 Å². The summed E-state index contributed by atoms with van der Waals surface area (Å²) in [6.07, 6.45) is 5.29. The fourth-order valence-corrected chi connectivity index (χ4v) is 6.23. The van der Waals surface area contributed by atoms with Gasteiger partial charge in [0.05, 0.1) is 30.8 Å². The second-order valence-corrected chi connectivity index (χ2v) is 11.5. The van der Waals surface area contributed by atoms with Gasteiger partial charge in [0.2, 0.25) is 0 Å². The third-order valence-electron chi connectivity index (χ3n) is 6.16. The van der Waals surface area contributed by atoms with E-state index >= 15 is 0 Å². The number of amides is 1. The second-order valence-electron chi connectivity index (χ2n) is 9.30. The molecule has 1 saturated heterocycles. The molecule has 184 valence electrons. The van der Waals surface area contributed by atoms with E-state index in [2.05, 4.69) is 0 Å². The Morgan fingerprint density at radius 1 is 1.06 bits per heavy atom. The molecule has 1 heterocycles. The van der Waals surface area contributed by atoms with E-state index in [-0.39, 0.29) is 35.1 Å². The van der Waals surface area contributed by atoms with Crippen molar-refractivity contribution >= 4 is 21.7 Å². The Morgan fingerprint density at radius 3 is 2.39 bits per heavy atom. The molecule has 1 atom stereocenters. The third-order valence-corrected chi connectivity index (χ3v) is 7.91. The minimum atomic E-state index is -3.14. The SMILES string of the molecule is COc1cc(C(=O)OCC(=O)N(C2CCCCC2)C2CCS(=O)(=O)C2)ccc1OCC(C)C. The summed E-state index contributed by atoms with van der Waals surface area (Å²) < 4.78 is 40.4. The zero-order chi connectivity index (χ0) is 24.0. The molecule has 0 radical (unpaired) electrons. The van der Waals surface area contributed by atoms with Crippen LogP contribution < -0.4 is 9.47 Å². The zero-order valence-electron chi connectivity index (χ0n) is 19.7. The quantitative estimate of drug-likeness (QED) is 0.499. The van der Waals surface area contributed by atoms with Crippen LogP contribution in [0.1, 0.15) is 62.7 Å². The maximum atomic E-state index is 13.1. The third kappa shape index (κ3) is 6.85. The number of esters is 1. The smallest absolute Gasteiger partial charge is 0.338 e. The number of hydrogen-bond donors (Lipinski definition) is 0. The lowest BCUT2D eigenvalue weighted by Gasteiger charge is -2.38. The average Bonchev–Trinajstić information content (AvgIpc) is 3.15. The van der Waals surface area contributed by atoms with Gasteiger partial charge in [0.15, 0.2) is 27.9 Å². The molecule has 9 heteroatoms. The standard InChI is InChI=1S/C24H35NO7S/c1-17(2)14-31-21-10-9-18(13-22(21)30-3)24(27)32-15-23(26)25(19-7-5-4-6-8-19)20-11-12-33(28,29)16-20/h9-10,13,17,19-20H,4-8,11-12,14-16H2,1-3H3. The highest BCUT2D eigenvalue weighted by atomic mass is 32.2. The Hall–Kier alpha value is -2.29. The number of ether oxygens (including phenoxy) is 3. The van der Waals surface area contributed by atoms with Crippen LogP contribution in [-0.4, -0.2) is 69.1 Å². The molecule has 1 aromatic rings. The lowest BCUT2D eigenvalue weighted by molar-refractivity contribution is -0.140. The minimum absolute atomic E-state index is 0.000681. The lowest BCUT2D eigenvalue weighted by Crippen LogP contribution is -2.50. The van der Waals surface area contributed by atoms with Gasteiger partial charge in [-0.2, -0.15) is 0 Å². The number of sulfone groups is 1. The summed E-state index contributed by atoms with van der Waals surface area (Å²) in [5.74, 6) is 0.395. The molecule has 0 N–H and O–H groups in total. The molecule has 0 bridgehead atoms. The van der Waals surface area contributed by atoms with Crippen LogP contribution in [-0.2, 0) is 19.4 Å². The van der Waals surface area contributed by atoms with Crippen molar-refractivity contribution in [3.05, 3.63) is 23.8 Å². The molecule has 0 aromatic heterocycles. The van der Waals surface area contributed by atoms with Crippen LogP contribution in [0.3, 0.4) is 0 Å². The van der Waals surface area contributed by atoms with E-state index in [9.17, 15) is 18.0 Å². The topological polar surface area (TPSA) is 99.2 Å². The highest BCUT2D eigenvalue weighted by Gasteiger charge is 2.38. The summed E-state index contributed by atoms with van der Waals surface area (Å²) >= 11 is 0. The van der Waals surface area contributed by atoms with E-state index in [4.69, 9.17) is 14.2 Å². The van der Waals surface area contributed by atoms with Crippen molar-refractivity contribution in [3.63, 3.8) is 0 Å². The highest BCUT2D eigenvalue weighted by Crippen LogP contribution is 2.30. The van der Waals surface area contributed by atoms with Gasteiger partial charge in [-0.15, -0.1) is 0 Å². The van der Waals surface area contributed by atoms with Crippen LogP contribution in [0.5, 0.6) is 11.5 Å². The minimum Gasteiger partial charge on any atom is -0.493 e. The molecule has 33 heavy (non-hydrogen) atoms. The molecule has 1 aliphatic heterocycles. The van der Waals surface area contributed by atoms with E-state index in [1.165, 1.54) is 13.2 Å². The van der Waals surface area contributed by atoms with Crippen LogP contribution in [0.15, 0.2) is 18.2 Å². The Kier molecular flexibility index (Phi) is 8.62. The first-order chi connectivity index (χ1) is 15.7. The summed E-state index contributed by atoms with van der Waals surface area (Å²) in [6.45, 7) is 4.17. The maximum Gasteiger partial charge on any atom is 0.338 e. The first-order valence-corrected chi connectivity index (χ1v) is 13.5. The number of methoxy groups -OCH3 is 1. The van der Waals surface area contributed by atoms with Gasteiger partial charge in [-0.05, 0) is 43.4 Å². The summed E-state index contributed by atoms with van der Waals surface area (Å²) in [4.78, 5) is 27.4. The van der Waals surface area contributed by atoms with Crippen molar-refractivity contribution in [3.8, 4) is 11.5 Å². The molecule has 1 unspecified atom stereocenters. The zero-order valence-corrected chi connectivity index (χ0v) is 20.6. The second kappa shape index (κ2) is 11.2. The van der Waals surface area contributed by atoms with Crippen molar-refractivity contribution in [2.45, 2.75) is 64.5 Å². The Morgan fingerprint density at radius 2 is 1.79 bits per heavy atom. The molecule has 3 rings (SSSR count). The number of hydrogen-bond acceptors (Lipinski definition) is 7. The Labute approximate surface area is 196 Å². The van der Waals surface area contributed by atoms with Crippen molar-refractivity contribution < 1.29 is 32.2 Å². The normalized spacial score (nSPS) is 20.4. The fourth-order valence-electron chi connectivity index (χ4n) is 4.51. The molecular weight excluding hydrogens is 446 g/mol. The molecule has 1 saturated carbocycles. The summed E-state index contributed by atoms with van der Waals surface area (Å²) in [5.41, 5.74) is 0.254. The molecule has 1 aromatic carbocycles. The fraction of sp³-hybridized carbons (Fsp3) is 0.667. The van der Waals surface area contributed by atoms with E-state index in [0.29, 0.717) is 30.4 Å². The molecular formula is C24H35NO7S. The number of rotatable bonds is 9. The summed E-state index contributed by atoms with van der Waals surface area (Å²) in [7, 11) is -1.64. The molecule has 8 nitrogen and oxygen atoms in total. The van der Waals surface area contributed by atoms with Gasteiger partial charge in [0.25, 0.3) is 5.91 Å². The molecule has 1 amide bonds. The summed E-state index contributed by atoms with van der Waals surface area (Å²) in [6, 6.07) is 4.41. The summed E-state index contributed by atoms with van der Waals surface area (Å²) in [5, 5.41) is 0. The van der Waals surface area contributed by atoms with E-state index in [0.717, 1.165) is 32.1 Å². The highest BCUT2D eigenvalue weighted by molar-refractivity contribution is 7.91. The van der Waals surface area contributed by atoms with Crippen molar-refractivity contribution in [1.29, 1.82) is 0 Å². The van der Waals surface area contributed by atoms with Gasteiger partial charge >= 0.3 is 5.97 Å². The molecule has 2 aliphatic rings. The first-order valence-electron chi connectivity index (χ1n) is 11.7. The number of carbonyl (C=O) groups is 2. The largest absolute Gasteiger partial charge is 0.493 e. The monoisotopic (exact) mass is 481 g/mol. The van der Waals surface area contributed by atoms with Crippen LogP contribution >= 0.6 is 0 Å². The van der Waals surface area contributed by atoms with Gasteiger partial charge in [-0.1, -0.05) is 33.1 Å². The predicted octanol–water partition coefficient (Wildman–Crippen LogP) is 3.24. The van der Waals surface area contributed by atoms with Gasteiger partial charge in [-0.25, -0.2) is 13.2 Å². The first kappa shape index (κ1) is 25.3. The van der Waals surface area contributed by atoms with Crippen LogP contribution in [0, 0.1) is 5.92 Å². The van der Waals surface area contributed by atoms with Crippen molar-refractivity contribution in [1.82, 2.24) is 4.90 Å². The van der Waals surface area contributed by atoms with E-state index in [1.54, 1.807) is 17.0 Å². The van der Waals surface area contributed by atoms with Gasteiger partial charge in [-0.3, -0.25) is 4.79 Å². The molecule has 0 spiro atoms. The average molecular weight is 482 g/mol. The van der Waals surface area contributed by atoms with E-state index in [1.807, 2.05) is 13.8 Å². The maximum absolute atomic E-state index is 13.1. The lowest BCUT2D eigenvalue weighted by atomic mass is 9.93. The van der Waals surface area contributed by atoms with Crippen LogP contribution in [0.4, 0.5) is 0 Å². The number of nitrogens with zero attached hydrogens (tertiary/aromatic N) is 1. The van der Waals surface area contributed by atoms with Gasteiger partial charge in [0.1, 0.15) is 0 Å². The van der Waals surface area contributed by atoms with Crippen LogP contribution in [0.2, 0.25) is 0 Å². The molecule has 2 fully saturated rings. The van der Waals surface area contributed by atoms with Crippen molar-refractivity contribution in [2.24, 2.45) is 5.92 Å². The Bertz CT molecular complexity index is 938. The number of benzene rings is 1. The predicted molar refractivity (Wildman–Crippen MR) is 124 cm³/mol. The Balaban J connectivity index is 1.66. The van der Waals surface area contributed by atoms with Crippen molar-refractivity contribution in [2.75, 3.05) is 31.8 Å². The number of carbonyl (C=O) groups excluding carboxylic acids is 2. The molecule has 1 aliphatic carbocycles. The van der Waals surface area contributed by atoms with E-state index < -0.39 is 22.4 Å².